The molecule has 1 aliphatic heterocycles. The van der Waals surface area contributed by atoms with Crippen LogP contribution in [0.3, 0.4) is 0 Å². The van der Waals surface area contributed by atoms with Gasteiger partial charge in [0.15, 0.2) is 0 Å². The second-order valence-electron chi connectivity index (χ2n) is 4.84. The predicted octanol–water partition coefficient (Wildman–Crippen LogP) is 2.48. The van der Waals surface area contributed by atoms with E-state index < -0.39 is 0 Å². The van der Waals surface area contributed by atoms with Crippen molar-refractivity contribution in [2.75, 3.05) is 5.73 Å². The molecule has 0 saturated carbocycles. The van der Waals surface area contributed by atoms with E-state index in [4.69, 9.17) is 20.5 Å². The highest BCUT2D eigenvalue weighted by atomic mass is 16.5. The van der Waals surface area contributed by atoms with Crippen LogP contribution >= 0.6 is 0 Å². The number of nitriles is 1. The average molecular weight is 246 g/mol. The van der Waals surface area contributed by atoms with Gasteiger partial charge in [0.25, 0.3) is 0 Å². The highest BCUT2D eigenvalue weighted by molar-refractivity contribution is 5.53. The summed E-state index contributed by atoms with van der Waals surface area (Å²) < 4.78 is 11.6. The van der Waals surface area contributed by atoms with Crippen molar-refractivity contribution in [1.82, 2.24) is 0 Å². The largest absolute Gasteiger partial charge is 0.489 e. The van der Waals surface area contributed by atoms with E-state index in [1.165, 1.54) is 0 Å². The monoisotopic (exact) mass is 246 g/mol. The molecule has 18 heavy (non-hydrogen) atoms. The molecule has 0 aliphatic carbocycles. The first-order valence-electron chi connectivity index (χ1n) is 6.20. The fourth-order valence-electron chi connectivity index (χ4n) is 2.36. The van der Waals surface area contributed by atoms with Crippen LogP contribution in [0.2, 0.25) is 0 Å². The summed E-state index contributed by atoms with van der Waals surface area (Å²) in [6.45, 7) is 4.08. The minimum Gasteiger partial charge on any atom is -0.489 e. The van der Waals surface area contributed by atoms with Crippen molar-refractivity contribution in [3.8, 4) is 11.8 Å². The lowest BCUT2D eigenvalue weighted by Crippen LogP contribution is -2.35. The second-order valence-corrected chi connectivity index (χ2v) is 4.84. The van der Waals surface area contributed by atoms with Crippen molar-refractivity contribution in [2.45, 2.75) is 45.0 Å². The van der Waals surface area contributed by atoms with Gasteiger partial charge >= 0.3 is 0 Å². The number of nitrogens with two attached hydrogens (primary N) is 1. The fraction of sp³-hybridized carbons (Fsp3) is 0.500. The van der Waals surface area contributed by atoms with Crippen LogP contribution in [0.1, 0.15) is 32.3 Å². The van der Waals surface area contributed by atoms with Crippen molar-refractivity contribution in [2.24, 2.45) is 0 Å². The Labute approximate surface area is 107 Å². The Bertz CT molecular complexity index is 457. The van der Waals surface area contributed by atoms with Crippen LogP contribution in [0.15, 0.2) is 18.2 Å². The van der Waals surface area contributed by atoms with Gasteiger partial charge in [-0.15, -0.1) is 0 Å². The lowest BCUT2D eigenvalue weighted by Gasteiger charge is -2.32. The van der Waals surface area contributed by atoms with Crippen molar-refractivity contribution < 1.29 is 9.47 Å². The fourth-order valence-corrected chi connectivity index (χ4v) is 2.36. The summed E-state index contributed by atoms with van der Waals surface area (Å²) in [7, 11) is 0. The van der Waals surface area contributed by atoms with E-state index in [9.17, 15) is 0 Å². The van der Waals surface area contributed by atoms with E-state index in [1.54, 1.807) is 18.2 Å². The Morgan fingerprint density at radius 2 is 2.00 bits per heavy atom. The molecule has 2 N–H and O–H groups in total. The maximum atomic E-state index is 9.07. The molecular formula is C14H18N2O2. The van der Waals surface area contributed by atoms with Gasteiger partial charge in [0.2, 0.25) is 0 Å². The SMILES string of the molecule is CC1CC(Oc2ccc(N)cc2C#N)CC(C)O1. The van der Waals surface area contributed by atoms with E-state index in [0.29, 0.717) is 17.0 Å². The Morgan fingerprint density at radius 1 is 1.33 bits per heavy atom. The molecule has 4 heteroatoms. The minimum atomic E-state index is 0.0967. The molecule has 0 amide bonds. The van der Waals surface area contributed by atoms with Gasteiger partial charge in [-0.25, -0.2) is 0 Å². The number of ether oxygens (including phenoxy) is 2. The minimum absolute atomic E-state index is 0.0967. The van der Waals surface area contributed by atoms with E-state index in [1.807, 2.05) is 13.8 Å². The third-order valence-corrected chi connectivity index (χ3v) is 3.07. The van der Waals surface area contributed by atoms with Gasteiger partial charge in [0.1, 0.15) is 17.9 Å². The van der Waals surface area contributed by atoms with Crippen LogP contribution in [-0.2, 0) is 4.74 Å². The molecule has 2 atom stereocenters. The molecule has 4 nitrogen and oxygen atoms in total. The van der Waals surface area contributed by atoms with Crippen LogP contribution in [-0.4, -0.2) is 18.3 Å². The smallest absolute Gasteiger partial charge is 0.137 e. The number of benzene rings is 1. The van der Waals surface area contributed by atoms with Gasteiger partial charge in [-0.2, -0.15) is 5.26 Å². The van der Waals surface area contributed by atoms with Crippen LogP contribution in [0.5, 0.6) is 5.75 Å². The Hall–Kier alpha value is -1.73. The standard InChI is InChI=1S/C14H18N2O2/c1-9-5-13(6-10(2)17-9)18-14-4-3-12(16)7-11(14)8-15/h3-4,7,9-10,13H,5-6,16H2,1-2H3. The van der Waals surface area contributed by atoms with Crippen LogP contribution in [0.4, 0.5) is 5.69 Å². The summed E-state index contributed by atoms with van der Waals surface area (Å²) in [5, 5.41) is 9.07. The van der Waals surface area contributed by atoms with Crippen molar-refractivity contribution in [1.29, 1.82) is 5.26 Å². The molecule has 1 aromatic carbocycles. The summed E-state index contributed by atoms with van der Waals surface area (Å²) >= 11 is 0. The van der Waals surface area contributed by atoms with Crippen molar-refractivity contribution >= 4 is 5.69 Å². The Kier molecular flexibility index (Phi) is 3.73. The maximum absolute atomic E-state index is 9.07. The van der Waals surface area contributed by atoms with E-state index in [0.717, 1.165) is 12.8 Å². The van der Waals surface area contributed by atoms with Gasteiger partial charge in [0.05, 0.1) is 17.8 Å². The number of anilines is 1. The van der Waals surface area contributed by atoms with Gasteiger partial charge in [-0.3, -0.25) is 0 Å². The number of hydrogen-bond donors (Lipinski definition) is 1. The van der Waals surface area contributed by atoms with Gasteiger partial charge in [-0.1, -0.05) is 0 Å². The summed E-state index contributed by atoms with van der Waals surface area (Å²) in [6, 6.07) is 7.27. The second kappa shape index (κ2) is 5.28. The topological polar surface area (TPSA) is 68.3 Å². The normalized spacial score (nSPS) is 27.5. The molecule has 96 valence electrons. The molecule has 1 aromatic rings. The van der Waals surface area contributed by atoms with Crippen molar-refractivity contribution in [3.05, 3.63) is 23.8 Å². The Morgan fingerprint density at radius 3 is 2.61 bits per heavy atom. The zero-order chi connectivity index (χ0) is 13.1. The number of nitrogen functional groups attached to an aromatic ring is 1. The lowest BCUT2D eigenvalue weighted by molar-refractivity contribution is -0.0721. The molecule has 1 fully saturated rings. The van der Waals surface area contributed by atoms with Crippen LogP contribution in [0.25, 0.3) is 0 Å². The van der Waals surface area contributed by atoms with Gasteiger partial charge in [-0.05, 0) is 32.0 Å². The molecule has 1 heterocycles. The number of rotatable bonds is 2. The highest BCUT2D eigenvalue weighted by Gasteiger charge is 2.26. The maximum Gasteiger partial charge on any atom is 0.137 e. The first-order valence-corrected chi connectivity index (χ1v) is 6.20. The highest BCUT2D eigenvalue weighted by Crippen LogP contribution is 2.27. The molecule has 2 unspecified atom stereocenters. The van der Waals surface area contributed by atoms with Crippen LogP contribution < -0.4 is 10.5 Å². The first-order chi connectivity index (χ1) is 8.58. The third-order valence-electron chi connectivity index (χ3n) is 3.07. The molecule has 0 aromatic heterocycles. The number of nitrogens with zero attached hydrogens (tertiary/aromatic N) is 1. The van der Waals surface area contributed by atoms with Gasteiger partial charge < -0.3 is 15.2 Å². The van der Waals surface area contributed by atoms with Crippen molar-refractivity contribution in [3.63, 3.8) is 0 Å². The first kappa shape index (κ1) is 12.7. The zero-order valence-corrected chi connectivity index (χ0v) is 10.7. The molecule has 0 radical (unpaired) electrons. The summed E-state index contributed by atoms with van der Waals surface area (Å²) in [4.78, 5) is 0. The Balaban J connectivity index is 2.12. The van der Waals surface area contributed by atoms with Gasteiger partial charge in [0, 0.05) is 18.5 Å². The lowest BCUT2D eigenvalue weighted by atomic mass is 10.0. The van der Waals surface area contributed by atoms with E-state index in [2.05, 4.69) is 6.07 Å². The predicted molar refractivity (Wildman–Crippen MR) is 69.2 cm³/mol. The quantitative estimate of drug-likeness (QED) is 0.814. The molecular weight excluding hydrogens is 228 g/mol. The van der Waals surface area contributed by atoms with Crippen LogP contribution in [0, 0.1) is 11.3 Å². The molecule has 0 spiro atoms. The average Bonchev–Trinajstić information content (AvgIpc) is 2.30. The summed E-state index contributed by atoms with van der Waals surface area (Å²) in [6.07, 6.45) is 2.18. The molecule has 2 rings (SSSR count). The van der Waals surface area contributed by atoms with E-state index >= 15 is 0 Å². The zero-order valence-electron chi connectivity index (χ0n) is 10.7. The summed E-state index contributed by atoms with van der Waals surface area (Å²) in [5.41, 5.74) is 6.72. The molecule has 1 aliphatic rings. The summed E-state index contributed by atoms with van der Waals surface area (Å²) in [5.74, 6) is 0.609. The molecule has 0 bridgehead atoms. The van der Waals surface area contributed by atoms with E-state index in [-0.39, 0.29) is 18.3 Å². The third kappa shape index (κ3) is 2.93. The number of hydrogen-bond acceptors (Lipinski definition) is 4. The molecule has 1 saturated heterocycles.